The molecule has 0 saturated heterocycles. The summed E-state index contributed by atoms with van der Waals surface area (Å²) in [5.74, 6) is -0.345. The maximum Gasteiger partial charge on any atom is 0.227 e. The SMILES string of the molecule is CCC(C)(CN)C(=O)N[C@H](C)c1ccc(F)cc1. The van der Waals surface area contributed by atoms with E-state index in [1.54, 1.807) is 12.1 Å². The van der Waals surface area contributed by atoms with Crippen molar-refractivity contribution >= 4 is 5.91 Å². The molecule has 1 aromatic rings. The van der Waals surface area contributed by atoms with Crippen LogP contribution in [0.5, 0.6) is 0 Å². The molecule has 1 rings (SSSR count). The molecule has 0 aromatic heterocycles. The number of nitrogens with two attached hydrogens (primary N) is 1. The smallest absolute Gasteiger partial charge is 0.227 e. The van der Waals surface area contributed by atoms with E-state index in [1.165, 1.54) is 12.1 Å². The third-order valence-corrected chi connectivity index (χ3v) is 3.50. The number of benzene rings is 1. The van der Waals surface area contributed by atoms with Gasteiger partial charge in [-0.05, 0) is 38.0 Å². The van der Waals surface area contributed by atoms with E-state index in [4.69, 9.17) is 5.73 Å². The van der Waals surface area contributed by atoms with Gasteiger partial charge in [0.2, 0.25) is 5.91 Å². The van der Waals surface area contributed by atoms with Gasteiger partial charge in [-0.25, -0.2) is 4.39 Å². The fourth-order valence-corrected chi connectivity index (χ4v) is 1.60. The van der Waals surface area contributed by atoms with Gasteiger partial charge in [0, 0.05) is 6.54 Å². The lowest BCUT2D eigenvalue weighted by atomic mass is 9.86. The lowest BCUT2D eigenvalue weighted by molar-refractivity contribution is -0.130. The maximum atomic E-state index is 12.8. The van der Waals surface area contributed by atoms with Crippen LogP contribution in [0.4, 0.5) is 4.39 Å². The second-order valence-corrected chi connectivity index (χ2v) is 4.87. The number of hydrogen-bond acceptors (Lipinski definition) is 2. The van der Waals surface area contributed by atoms with Gasteiger partial charge in [-0.2, -0.15) is 0 Å². The quantitative estimate of drug-likeness (QED) is 0.845. The molecule has 0 aliphatic heterocycles. The summed E-state index contributed by atoms with van der Waals surface area (Å²) in [5, 5.41) is 2.92. The maximum absolute atomic E-state index is 12.8. The van der Waals surface area contributed by atoms with Gasteiger partial charge in [0.05, 0.1) is 11.5 Å². The first-order valence-corrected chi connectivity index (χ1v) is 6.19. The minimum Gasteiger partial charge on any atom is -0.349 e. The van der Waals surface area contributed by atoms with E-state index >= 15 is 0 Å². The zero-order chi connectivity index (χ0) is 13.8. The first-order valence-electron chi connectivity index (χ1n) is 6.19. The van der Waals surface area contributed by atoms with Crippen LogP contribution < -0.4 is 11.1 Å². The molecule has 0 aliphatic rings. The van der Waals surface area contributed by atoms with E-state index in [1.807, 2.05) is 20.8 Å². The van der Waals surface area contributed by atoms with Crippen LogP contribution in [0.15, 0.2) is 24.3 Å². The van der Waals surface area contributed by atoms with Crippen molar-refractivity contribution in [2.75, 3.05) is 6.54 Å². The van der Waals surface area contributed by atoms with Crippen LogP contribution in [0, 0.1) is 11.2 Å². The molecular formula is C14H21FN2O. The minimum atomic E-state index is -0.547. The zero-order valence-electron chi connectivity index (χ0n) is 11.2. The third-order valence-electron chi connectivity index (χ3n) is 3.50. The lowest BCUT2D eigenvalue weighted by Crippen LogP contribution is -2.44. The average Bonchev–Trinajstić information content (AvgIpc) is 2.38. The minimum absolute atomic E-state index is 0.0654. The highest BCUT2D eigenvalue weighted by atomic mass is 19.1. The van der Waals surface area contributed by atoms with E-state index in [0.29, 0.717) is 13.0 Å². The number of rotatable bonds is 5. The second kappa shape index (κ2) is 5.96. The number of carbonyl (C=O) groups excluding carboxylic acids is 1. The van der Waals surface area contributed by atoms with Gasteiger partial charge in [-0.15, -0.1) is 0 Å². The Labute approximate surface area is 108 Å². The predicted molar refractivity (Wildman–Crippen MR) is 70.4 cm³/mol. The van der Waals surface area contributed by atoms with E-state index < -0.39 is 5.41 Å². The molecule has 18 heavy (non-hydrogen) atoms. The summed E-state index contributed by atoms with van der Waals surface area (Å²) in [6.07, 6.45) is 0.686. The molecule has 3 N–H and O–H groups in total. The molecule has 1 unspecified atom stereocenters. The van der Waals surface area contributed by atoms with Crippen LogP contribution >= 0.6 is 0 Å². The number of nitrogens with one attached hydrogen (secondary N) is 1. The molecule has 0 spiro atoms. The van der Waals surface area contributed by atoms with Gasteiger partial charge in [0.15, 0.2) is 0 Å². The summed E-state index contributed by atoms with van der Waals surface area (Å²) in [6.45, 7) is 5.97. The van der Waals surface area contributed by atoms with Gasteiger partial charge >= 0.3 is 0 Å². The van der Waals surface area contributed by atoms with Crippen molar-refractivity contribution in [3.63, 3.8) is 0 Å². The Morgan fingerprint density at radius 2 is 2.00 bits per heavy atom. The average molecular weight is 252 g/mol. The summed E-state index contributed by atoms with van der Waals surface area (Å²) in [4.78, 5) is 12.1. The van der Waals surface area contributed by atoms with Gasteiger partial charge in [0.25, 0.3) is 0 Å². The standard InChI is InChI=1S/C14H21FN2O/c1-4-14(3,9-16)13(18)17-10(2)11-5-7-12(15)8-6-11/h5-8,10H,4,9,16H2,1-3H3,(H,17,18)/t10-,14?/m1/s1. The van der Waals surface area contributed by atoms with E-state index in [9.17, 15) is 9.18 Å². The Kier molecular flexibility index (Phi) is 4.84. The fraction of sp³-hybridized carbons (Fsp3) is 0.500. The Balaban J connectivity index is 2.73. The Morgan fingerprint density at radius 3 is 2.44 bits per heavy atom. The monoisotopic (exact) mass is 252 g/mol. The highest BCUT2D eigenvalue weighted by Gasteiger charge is 2.30. The molecule has 0 bridgehead atoms. The van der Waals surface area contributed by atoms with Crippen LogP contribution in [0.1, 0.15) is 38.8 Å². The van der Waals surface area contributed by atoms with Crippen LogP contribution in [0.2, 0.25) is 0 Å². The van der Waals surface area contributed by atoms with E-state index in [2.05, 4.69) is 5.32 Å². The van der Waals surface area contributed by atoms with Crippen molar-refractivity contribution in [2.24, 2.45) is 11.1 Å². The molecule has 1 aromatic carbocycles. The van der Waals surface area contributed by atoms with Crippen LogP contribution in [0.25, 0.3) is 0 Å². The molecule has 0 saturated carbocycles. The lowest BCUT2D eigenvalue weighted by Gasteiger charge is -2.27. The fourth-order valence-electron chi connectivity index (χ4n) is 1.60. The van der Waals surface area contributed by atoms with Crippen molar-refractivity contribution < 1.29 is 9.18 Å². The molecule has 0 aliphatic carbocycles. The van der Waals surface area contributed by atoms with Crippen LogP contribution in [-0.4, -0.2) is 12.5 Å². The Bertz CT molecular complexity index is 399. The zero-order valence-corrected chi connectivity index (χ0v) is 11.2. The second-order valence-electron chi connectivity index (χ2n) is 4.87. The highest BCUT2D eigenvalue weighted by Crippen LogP contribution is 2.21. The molecule has 0 fully saturated rings. The number of carbonyl (C=O) groups is 1. The van der Waals surface area contributed by atoms with Crippen LogP contribution in [-0.2, 0) is 4.79 Å². The number of halogens is 1. The normalized spacial score (nSPS) is 15.8. The van der Waals surface area contributed by atoms with Gasteiger partial charge in [0.1, 0.15) is 5.82 Å². The van der Waals surface area contributed by atoms with E-state index in [0.717, 1.165) is 5.56 Å². The molecular weight excluding hydrogens is 231 g/mol. The van der Waals surface area contributed by atoms with Gasteiger partial charge < -0.3 is 11.1 Å². The first-order chi connectivity index (χ1) is 8.42. The summed E-state index contributed by atoms with van der Waals surface area (Å²) in [7, 11) is 0. The first kappa shape index (κ1) is 14.6. The molecule has 2 atom stereocenters. The molecule has 0 heterocycles. The summed E-state index contributed by atoms with van der Waals surface area (Å²) in [5.41, 5.74) is 5.97. The van der Waals surface area contributed by atoms with Crippen molar-refractivity contribution in [3.05, 3.63) is 35.6 Å². The van der Waals surface area contributed by atoms with Crippen molar-refractivity contribution in [3.8, 4) is 0 Å². The molecule has 4 heteroatoms. The topological polar surface area (TPSA) is 55.1 Å². The third kappa shape index (κ3) is 3.29. The summed E-state index contributed by atoms with van der Waals surface area (Å²) in [6, 6.07) is 5.97. The molecule has 0 radical (unpaired) electrons. The summed E-state index contributed by atoms with van der Waals surface area (Å²) >= 11 is 0. The molecule has 100 valence electrons. The molecule has 1 amide bonds. The number of amides is 1. The largest absolute Gasteiger partial charge is 0.349 e. The predicted octanol–water partition coefficient (Wildman–Crippen LogP) is 2.38. The highest BCUT2D eigenvalue weighted by molar-refractivity contribution is 5.82. The van der Waals surface area contributed by atoms with Crippen molar-refractivity contribution in [1.29, 1.82) is 0 Å². The Morgan fingerprint density at radius 1 is 1.44 bits per heavy atom. The summed E-state index contributed by atoms with van der Waals surface area (Å²) < 4.78 is 12.8. The van der Waals surface area contributed by atoms with Crippen molar-refractivity contribution in [1.82, 2.24) is 5.32 Å². The van der Waals surface area contributed by atoms with Gasteiger partial charge in [-0.3, -0.25) is 4.79 Å². The van der Waals surface area contributed by atoms with Crippen molar-refractivity contribution in [2.45, 2.75) is 33.2 Å². The van der Waals surface area contributed by atoms with E-state index in [-0.39, 0.29) is 17.8 Å². The Hall–Kier alpha value is -1.42. The molecule has 3 nitrogen and oxygen atoms in total. The number of hydrogen-bond donors (Lipinski definition) is 2. The van der Waals surface area contributed by atoms with Crippen LogP contribution in [0.3, 0.4) is 0 Å². The van der Waals surface area contributed by atoms with Gasteiger partial charge in [-0.1, -0.05) is 19.1 Å².